The molecule has 0 atom stereocenters. The van der Waals surface area contributed by atoms with Crippen molar-refractivity contribution in [2.45, 2.75) is 36.1 Å². The van der Waals surface area contributed by atoms with Crippen LogP contribution >= 0.6 is 0 Å². The van der Waals surface area contributed by atoms with Crippen LogP contribution in [-0.4, -0.2) is 48.3 Å². The van der Waals surface area contributed by atoms with Gasteiger partial charge >= 0.3 is 5.97 Å². The number of rotatable bonds is 5. The molecular formula is C16H19FN2O5S. The number of nitrogens with zero attached hydrogens (tertiary/aromatic N) is 1. The third-order valence-corrected chi connectivity index (χ3v) is 6.73. The van der Waals surface area contributed by atoms with Gasteiger partial charge in [-0.05, 0) is 37.8 Å². The van der Waals surface area contributed by atoms with Crippen LogP contribution < -0.4 is 5.32 Å². The van der Waals surface area contributed by atoms with Crippen LogP contribution in [0.4, 0.5) is 4.39 Å². The van der Waals surface area contributed by atoms with Gasteiger partial charge in [0.25, 0.3) is 0 Å². The van der Waals surface area contributed by atoms with E-state index in [4.69, 9.17) is 5.11 Å². The van der Waals surface area contributed by atoms with Crippen molar-refractivity contribution in [3.05, 3.63) is 30.1 Å². The number of hydrogen-bond acceptors (Lipinski definition) is 4. The zero-order chi connectivity index (χ0) is 18.2. The second kappa shape index (κ2) is 6.38. The number of amides is 1. The number of sulfonamides is 1. The van der Waals surface area contributed by atoms with Crippen molar-refractivity contribution < 1.29 is 27.5 Å². The molecule has 0 spiro atoms. The Hall–Kier alpha value is -2.00. The van der Waals surface area contributed by atoms with Crippen molar-refractivity contribution in [2.24, 2.45) is 5.92 Å². The molecule has 136 valence electrons. The molecule has 1 aliphatic carbocycles. The zero-order valence-electron chi connectivity index (χ0n) is 13.4. The average Bonchev–Trinajstić information content (AvgIpc) is 3.36. The second-order valence-corrected chi connectivity index (χ2v) is 8.39. The number of carboxylic acids is 1. The van der Waals surface area contributed by atoms with E-state index in [2.05, 4.69) is 5.32 Å². The molecule has 1 saturated heterocycles. The summed E-state index contributed by atoms with van der Waals surface area (Å²) in [6, 6.07) is 5.18. The van der Waals surface area contributed by atoms with Crippen molar-refractivity contribution in [1.82, 2.24) is 9.62 Å². The van der Waals surface area contributed by atoms with Crippen molar-refractivity contribution in [3.8, 4) is 0 Å². The number of carbonyl (C=O) groups is 2. The average molecular weight is 370 g/mol. The SMILES string of the molecule is O=C(NC1(C(=O)O)CC1)C1CCN(S(=O)(=O)c2ccccc2F)CC1. The van der Waals surface area contributed by atoms with Gasteiger partial charge in [0, 0.05) is 19.0 Å². The fourth-order valence-corrected chi connectivity index (χ4v) is 4.54. The van der Waals surface area contributed by atoms with Crippen LogP contribution in [0.5, 0.6) is 0 Å². The van der Waals surface area contributed by atoms with Gasteiger partial charge in [0.1, 0.15) is 16.3 Å². The topological polar surface area (TPSA) is 104 Å². The molecule has 1 heterocycles. The number of benzene rings is 1. The van der Waals surface area contributed by atoms with Crippen molar-refractivity contribution >= 4 is 21.9 Å². The predicted molar refractivity (Wildman–Crippen MR) is 85.6 cm³/mol. The summed E-state index contributed by atoms with van der Waals surface area (Å²) < 4.78 is 40.0. The predicted octanol–water partition coefficient (Wildman–Crippen LogP) is 0.960. The molecule has 7 nitrogen and oxygen atoms in total. The first-order valence-electron chi connectivity index (χ1n) is 8.06. The monoisotopic (exact) mass is 370 g/mol. The maximum Gasteiger partial charge on any atom is 0.329 e. The fraction of sp³-hybridized carbons (Fsp3) is 0.500. The summed E-state index contributed by atoms with van der Waals surface area (Å²) >= 11 is 0. The Balaban J connectivity index is 1.63. The minimum absolute atomic E-state index is 0.0921. The molecule has 1 aromatic rings. The van der Waals surface area contributed by atoms with Crippen LogP contribution in [0.1, 0.15) is 25.7 Å². The van der Waals surface area contributed by atoms with Gasteiger partial charge in [-0.25, -0.2) is 17.6 Å². The number of piperidine rings is 1. The lowest BCUT2D eigenvalue weighted by molar-refractivity contribution is -0.144. The summed E-state index contributed by atoms with van der Waals surface area (Å²) in [7, 11) is -3.95. The Labute approximate surface area is 144 Å². The zero-order valence-corrected chi connectivity index (χ0v) is 14.3. The smallest absolute Gasteiger partial charge is 0.329 e. The number of nitrogens with one attached hydrogen (secondary N) is 1. The Morgan fingerprint density at radius 2 is 1.80 bits per heavy atom. The highest BCUT2D eigenvalue weighted by atomic mass is 32.2. The minimum Gasteiger partial charge on any atom is -0.480 e. The maximum absolute atomic E-state index is 13.8. The molecule has 0 bridgehead atoms. The van der Waals surface area contributed by atoms with Gasteiger partial charge in [-0.1, -0.05) is 12.1 Å². The normalized spacial score (nSPS) is 20.8. The van der Waals surface area contributed by atoms with Crippen LogP contribution in [0.3, 0.4) is 0 Å². The van der Waals surface area contributed by atoms with Gasteiger partial charge in [0.2, 0.25) is 15.9 Å². The minimum atomic E-state index is -3.95. The highest BCUT2D eigenvalue weighted by molar-refractivity contribution is 7.89. The standard InChI is InChI=1S/C16H19FN2O5S/c17-12-3-1-2-4-13(12)25(23,24)19-9-5-11(6-10-19)14(20)18-16(7-8-16)15(21)22/h1-4,11H,5-10H2,(H,18,20)(H,21,22). The number of aliphatic carboxylic acids is 1. The van der Waals surface area contributed by atoms with Crippen LogP contribution in [-0.2, 0) is 19.6 Å². The van der Waals surface area contributed by atoms with E-state index in [1.165, 1.54) is 22.5 Å². The molecule has 0 unspecified atom stereocenters. The molecule has 2 fully saturated rings. The summed E-state index contributed by atoms with van der Waals surface area (Å²) in [4.78, 5) is 23.0. The molecule has 2 N–H and O–H groups in total. The van der Waals surface area contributed by atoms with E-state index in [0.29, 0.717) is 12.8 Å². The lowest BCUT2D eigenvalue weighted by Gasteiger charge is -2.31. The Kier molecular flexibility index (Phi) is 4.54. The maximum atomic E-state index is 13.8. The fourth-order valence-electron chi connectivity index (χ4n) is 3.01. The van der Waals surface area contributed by atoms with Gasteiger partial charge in [-0.15, -0.1) is 0 Å². The molecule has 2 aliphatic rings. The molecule has 9 heteroatoms. The van der Waals surface area contributed by atoms with Gasteiger partial charge in [-0.3, -0.25) is 4.79 Å². The van der Waals surface area contributed by atoms with E-state index in [0.717, 1.165) is 6.07 Å². The summed E-state index contributed by atoms with van der Waals surface area (Å²) in [5, 5.41) is 11.7. The van der Waals surface area contributed by atoms with Crippen molar-refractivity contribution in [2.75, 3.05) is 13.1 Å². The first-order chi connectivity index (χ1) is 11.8. The van der Waals surface area contributed by atoms with Crippen molar-refractivity contribution in [3.63, 3.8) is 0 Å². The third-order valence-electron chi connectivity index (χ3n) is 4.80. The van der Waals surface area contributed by atoms with Gasteiger partial charge < -0.3 is 10.4 Å². The Bertz CT molecular complexity index is 798. The van der Waals surface area contributed by atoms with E-state index in [1.54, 1.807) is 0 Å². The first kappa shape index (κ1) is 17.8. The van der Waals surface area contributed by atoms with Crippen LogP contribution in [0.2, 0.25) is 0 Å². The Morgan fingerprint density at radius 1 is 1.20 bits per heavy atom. The van der Waals surface area contributed by atoms with E-state index in [1.807, 2.05) is 0 Å². The highest BCUT2D eigenvalue weighted by Gasteiger charge is 2.52. The van der Waals surface area contributed by atoms with Crippen LogP contribution in [0, 0.1) is 11.7 Å². The molecule has 3 rings (SSSR count). The molecule has 25 heavy (non-hydrogen) atoms. The molecule has 1 saturated carbocycles. The number of carboxylic acid groups (broad SMARTS) is 1. The quantitative estimate of drug-likeness (QED) is 0.803. The first-order valence-corrected chi connectivity index (χ1v) is 9.50. The second-order valence-electron chi connectivity index (χ2n) is 6.49. The van der Waals surface area contributed by atoms with E-state index in [-0.39, 0.29) is 36.7 Å². The summed E-state index contributed by atoms with van der Waals surface area (Å²) in [5.74, 6) is -2.65. The van der Waals surface area contributed by atoms with Gasteiger partial charge in [0.15, 0.2) is 0 Å². The van der Waals surface area contributed by atoms with Crippen LogP contribution in [0.25, 0.3) is 0 Å². The lowest BCUT2D eigenvalue weighted by Crippen LogP contribution is -2.48. The molecule has 1 aromatic carbocycles. The largest absolute Gasteiger partial charge is 0.480 e. The third kappa shape index (κ3) is 3.38. The highest BCUT2D eigenvalue weighted by Crippen LogP contribution is 2.36. The van der Waals surface area contributed by atoms with Crippen molar-refractivity contribution in [1.29, 1.82) is 0 Å². The van der Waals surface area contributed by atoms with E-state index < -0.39 is 33.3 Å². The van der Waals surface area contributed by atoms with Gasteiger partial charge in [-0.2, -0.15) is 4.31 Å². The molecule has 1 amide bonds. The van der Waals surface area contributed by atoms with Gasteiger partial charge in [0.05, 0.1) is 0 Å². The lowest BCUT2D eigenvalue weighted by atomic mass is 9.96. The van der Waals surface area contributed by atoms with Crippen LogP contribution in [0.15, 0.2) is 29.2 Å². The Morgan fingerprint density at radius 3 is 2.32 bits per heavy atom. The number of halogens is 1. The molecule has 0 aromatic heterocycles. The molecular weight excluding hydrogens is 351 g/mol. The van der Waals surface area contributed by atoms with E-state index in [9.17, 15) is 22.4 Å². The summed E-state index contributed by atoms with van der Waals surface area (Å²) in [6.07, 6.45) is 1.37. The number of carbonyl (C=O) groups excluding carboxylic acids is 1. The summed E-state index contributed by atoms with van der Waals surface area (Å²) in [5.41, 5.74) is -1.15. The summed E-state index contributed by atoms with van der Waals surface area (Å²) in [6.45, 7) is 0.184. The number of hydrogen-bond donors (Lipinski definition) is 2. The molecule has 1 aliphatic heterocycles. The van der Waals surface area contributed by atoms with E-state index >= 15 is 0 Å². The molecule has 0 radical (unpaired) electrons.